The highest BCUT2D eigenvalue weighted by Gasteiger charge is 2.24. The molecule has 144 valence electrons. The molecule has 0 saturated heterocycles. The predicted octanol–water partition coefficient (Wildman–Crippen LogP) is 1.44. The van der Waals surface area contributed by atoms with E-state index < -0.39 is 10.0 Å². The fourth-order valence-electron chi connectivity index (χ4n) is 3.34. The molecule has 1 atom stereocenters. The summed E-state index contributed by atoms with van der Waals surface area (Å²) in [7, 11) is -3.67. The maximum absolute atomic E-state index is 12.5. The summed E-state index contributed by atoms with van der Waals surface area (Å²) in [5.74, 6) is 0.00976. The van der Waals surface area contributed by atoms with Gasteiger partial charge in [-0.05, 0) is 48.6 Å². The second kappa shape index (κ2) is 8.21. The zero-order valence-corrected chi connectivity index (χ0v) is 16.2. The third kappa shape index (κ3) is 4.94. The lowest BCUT2D eigenvalue weighted by Crippen LogP contribution is -2.47. The maximum atomic E-state index is 12.5. The van der Waals surface area contributed by atoms with Crippen molar-refractivity contribution in [2.75, 3.05) is 13.1 Å². The number of fused-ring (bicyclic) bond motifs is 1. The van der Waals surface area contributed by atoms with Crippen molar-refractivity contribution < 1.29 is 13.2 Å². The highest BCUT2D eigenvalue weighted by atomic mass is 32.2. The minimum atomic E-state index is -3.67. The molecule has 2 aromatic rings. The zero-order chi connectivity index (χ0) is 19.4. The molecule has 0 saturated carbocycles. The van der Waals surface area contributed by atoms with Crippen LogP contribution < -0.4 is 10.5 Å². The number of hydrogen-bond acceptors (Lipinski definition) is 4. The van der Waals surface area contributed by atoms with Crippen molar-refractivity contribution >= 4 is 15.9 Å². The summed E-state index contributed by atoms with van der Waals surface area (Å²) in [5.41, 5.74) is 3.60. The van der Waals surface area contributed by atoms with E-state index in [2.05, 4.69) is 28.4 Å². The van der Waals surface area contributed by atoms with Gasteiger partial charge in [0.2, 0.25) is 15.9 Å². The molecule has 0 aromatic heterocycles. The molecular weight excluding hydrogens is 362 g/mol. The Bertz CT molecular complexity index is 910. The number of amides is 1. The van der Waals surface area contributed by atoms with Crippen LogP contribution in [-0.4, -0.2) is 38.4 Å². The van der Waals surface area contributed by atoms with Crippen LogP contribution in [0.25, 0.3) is 0 Å². The van der Waals surface area contributed by atoms with Crippen LogP contribution in [0.1, 0.15) is 23.6 Å². The molecule has 3 N–H and O–H groups in total. The molecule has 1 aliphatic heterocycles. The number of nitrogens with two attached hydrogens (primary N) is 1. The molecule has 1 aliphatic rings. The largest absolute Gasteiger partial charge is 0.354 e. The first-order valence-electron chi connectivity index (χ1n) is 9.05. The van der Waals surface area contributed by atoms with Gasteiger partial charge in [0.25, 0.3) is 0 Å². The molecule has 6 nitrogen and oxygen atoms in total. The van der Waals surface area contributed by atoms with E-state index in [1.54, 1.807) is 12.1 Å². The fourth-order valence-corrected chi connectivity index (χ4v) is 3.85. The molecule has 7 heteroatoms. The van der Waals surface area contributed by atoms with Crippen molar-refractivity contribution in [2.24, 2.45) is 5.14 Å². The van der Waals surface area contributed by atoms with Gasteiger partial charge in [-0.15, -0.1) is 0 Å². The summed E-state index contributed by atoms with van der Waals surface area (Å²) >= 11 is 0. The third-order valence-electron chi connectivity index (χ3n) is 5.05. The Kier molecular flexibility index (Phi) is 5.94. The van der Waals surface area contributed by atoms with E-state index in [0.717, 1.165) is 25.1 Å². The average Bonchev–Trinajstić information content (AvgIpc) is 2.66. The van der Waals surface area contributed by atoms with E-state index in [0.29, 0.717) is 13.0 Å². The van der Waals surface area contributed by atoms with Crippen LogP contribution in [-0.2, 0) is 34.2 Å². The van der Waals surface area contributed by atoms with E-state index in [4.69, 9.17) is 5.14 Å². The van der Waals surface area contributed by atoms with Gasteiger partial charge < -0.3 is 5.32 Å². The molecule has 0 fully saturated rings. The molecule has 2 aromatic carbocycles. The van der Waals surface area contributed by atoms with E-state index in [1.807, 2.05) is 13.0 Å². The number of nitrogens with zero attached hydrogens (tertiary/aromatic N) is 1. The topological polar surface area (TPSA) is 92.5 Å². The lowest BCUT2D eigenvalue weighted by molar-refractivity contribution is -0.126. The third-order valence-corrected chi connectivity index (χ3v) is 5.98. The minimum absolute atomic E-state index is 0.00976. The maximum Gasteiger partial charge on any atom is 0.238 e. The Morgan fingerprint density at radius 1 is 1.15 bits per heavy atom. The first-order valence-corrected chi connectivity index (χ1v) is 10.6. The number of benzene rings is 2. The number of carbonyl (C=O) groups excluding carboxylic acids is 1. The standard InChI is InChI=1S/C20H25N3O3S/c1-15(23-13-11-17-4-2-3-5-18(17)14-23)20(24)22-12-10-16-6-8-19(9-7-16)27(21,25)26/h2-9,15H,10-14H2,1H3,(H,22,24)(H2,21,25,26)/t15-/m1/s1. The van der Waals surface area contributed by atoms with Crippen molar-refractivity contribution in [1.82, 2.24) is 10.2 Å². The van der Waals surface area contributed by atoms with Crippen molar-refractivity contribution in [3.8, 4) is 0 Å². The van der Waals surface area contributed by atoms with Gasteiger partial charge in [-0.1, -0.05) is 36.4 Å². The first kappa shape index (κ1) is 19.5. The lowest BCUT2D eigenvalue weighted by atomic mass is 9.99. The van der Waals surface area contributed by atoms with Gasteiger partial charge in [-0.25, -0.2) is 13.6 Å². The number of nitrogens with one attached hydrogen (secondary N) is 1. The summed E-state index contributed by atoms with van der Waals surface area (Å²) in [4.78, 5) is 14.8. The number of hydrogen-bond donors (Lipinski definition) is 2. The Balaban J connectivity index is 1.49. The number of carbonyl (C=O) groups is 1. The highest BCUT2D eigenvalue weighted by molar-refractivity contribution is 7.89. The molecule has 0 spiro atoms. The highest BCUT2D eigenvalue weighted by Crippen LogP contribution is 2.20. The summed E-state index contributed by atoms with van der Waals surface area (Å²) in [5, 5.41) is 8.06. The molecule has 27 heavy (non-hydrogen) atoms. The molecule has 1 amide bonds. The van der Waals surface area contributed by atoms with Crippen LogP contribution in [0.4, 0.5) is 0 Å². The van der Waals surface area contributed by atoms with Gasteiger partial charge in [0, 0.05) is 19.6 Å². The van der Waals surface area contributed by atoms with Crippen molar-refractivity contribution in [3.05, 3.63) is 65.2 Å². The SMILES string of the molecule is C[C@H](C(=O)NCCc1ccc(S(N)(=O)=O)cc1)N1CCc2ccccc2C1. The van der Waals surface area contributed by atoms with E-state index in [-0.39, 0.29) is 16.8 Å². The number of sulfonamides is 1. The Morgan fingerprint density at radius 3 is 2.48 bits per heavy atom. The Morgan fingerprint density at radius 2 is 1.81 bits per heavy atom. The van der Waals surface area contributed by atoms with Gasteiger partial charge in [0.05, 0.1) is 10.9 Å². The first-order chi connectivity index (χ1) is 12.8. The number of primary sulfonamides is 1. The van der Waals surface area contributed by atoms with Crippen LogP contribution >= 0.6 is 0 Å². The summed E-state index contributed by atoms with van der Waals surface area (Å²) < 4.78 is 22.5. The Hall–Kier alpha value is -2.22. The summed E-state index contributed by atoms with van der Waals surface area (Å²) in [6, 6.07) is 14.6. The van der Waals surface area contributed by atoms with Crippen LogP contribution in [0, 0.1) is 0 Å². The van der Waals surface area contributed by atoms with Crippen LogP contribution in [0.2, 0.25) is 0 Å². The second-order valence-corrected chi connectivity index (χ2v) is 8.46. The van der Waals surface area contributed by atoms with Crippen LogP contribution in [0.5, 0.6) is 0 Å². The second-order valence-electron chi connectivity index (χ2n) is 6.90. The van der Waals surface area contributed by atoms with Crippen LogP contribution in [0.15, 0.2) is 53.4 Å². The smallest absolute Gasteiger partial charge is 0.238 e. The van der Waals surface area contributed by atoms with Gasteiger partial charge in [-0.3, -0.25) is 9.69 Å². The number of rotatable bonds is 6. The molecule has 0 aliphatic carbocycles. The Labute approximate surface area is 160 Å². The average molecular weight is 388 g/mol. The van der Waals surface area contributed by atoms with Crippen molar-refractivity contribution in [3.63, 3.8) is 0 Å². The van der Waals surface area contributed by atoms with Gasteiger partial charge in [0.1, 0.15) is 0 Å². The zero-order valence-electron chi connectivity index (χ0n) is 15.4. The van der Waals surface area contributed by atoms with Gasteiger partial charge in [-0.2, -0.15) is 0 Å². The molecule has 1 heterocycles. The molecule has 3 rings (SSSR count). The predicted molar refractivity (Wildman–Crippen MR) is 105 cm³/mol. The molecule has 0 unspecified atom stereocenters. The van der Waals surface area contributed by atoms with Gasteiger partial charge in [0.15, 0.2) is 0 Å². The van der Waals surface area contributed by atoms with Crippen molar-refractivity contribution in [1.29, 1.82) is 0 Å². The molecular formula is C20H25N3O3S. The molecule has 0 bridgehead atoms. The van der Waals surface area contributed by atoms with E-state index in [1.165, 1.54) is 23.3 Å². The van der Waals surface area contributed by atoms with Crippen molar-refractivity contribution in [2.45, 2.75) is 37.2 Å². The molecule has 0 radical (unpaired) electrons. The summed E-state index contributed by atoms with van der Waals surface area (Å²) in [6.45, 7) is 4.10. The minimum Gasteiger partial charge on any atom is -0.354 e. The summed E-state index contributed by atoms with van der Waals surface area (Å²) in [6.07, 6.45) is 1.59. The normalized spacial score (nSPS) is 15.8. The van der Waals surface area contributed by atoms with E-state index >= 15 is 0 Å². The van der Waals surface area contributed by atoms with E-state index in [9.17, 15) is 13.2 Å². The fraction of sp³-hybridized carbons (Fsp3) is 0.350. The lowest BCUT2D eigenvalue weighted by Gasteiger charge is -2.32. The van der Waals surface area contributed by atoms with Gasteiger partial charge >= 0.3 is 0 Å². The monoisotopic (exact) mass is 387 g/mol. The quantitative estimate of drug-likeness (QED) is 0.784. The van der Waals surface area contributed by atoms with Crippen LogP contribution in [0.3, 0.4) is 0 Å².